The summed E-state index contributed by atoms with van der Waals surface area (Å²) in [6, 6.07) is 6.33. The van der Waals surface area contributed by atoms with Gasteiger partial charge in [0.1, 0.15) is 5.75 Å². The molecule has 0 radical (unpaired) electrons. The molecule has 2 heteroatoms. The number of hydrogen-bond donors (Lipinski definition) is 1. The molecule has 0 saturated heterocycles. The van der Waals surface area contributed by atoms with Gasteiger partial charge in [0.25, 0.3) is 0 Å². The zero-order valence-corrected chi connectivity index (χ0v) is 9.49. The van der Waals surface area contributed by atoms with Crippen LogP contribution in [0.1, 0.15) is 43.7 Å². The molecule has 1 aliphatic carbocycles. The van der Waals surface area contributed by atoms with Crippen molar-refractivity contribution >= 4 is 0 Å². The topological polar surface area (TPSA) is 35.2 Å². The van der Waals surface area contributed by atoms with Gasteiger partial charge in [0, 0.05) is 6.54 Å². The molecular weight excluding hydrogens is 186 g/mol. The second-order valence-electron chi connectivity index (χ2n) is 4.55. The van der Waals surface area contributed by atoms with Crippen LogP contribution in [0.25, 0.3) is 0 Å². The molecular formula is C13H19NO. The van der Waals surface area contributed by atoms with E-state index >= 15 is 0 Å². The Balaban J connectivity index is 2.26. The Morgan fingerprint density at radius 2 is 2.13 bits per heavy atom. The van der Waals surface area contributed by atoms with Gasteiger partial charge in [-0.15, -0.1) is 0 Å². The molecule has 0 heterocycles. The Labute approximate surface area is 91.4 Å². The average Bonchev–Trinajstić information content (AvgIpc) is 3.01. The Kier molecular flexibility index (Phi) is 2.96. The molecule has 2 nitrogen and oxygen atoms in total. The van der Waals surface area contributed by atoms with E-state index in [2.05, 4.69) is 32.0 Å². The molecule has 1 aromatic carbocycles. The van der Waals surface area contributed by atoms with E-state index in [0.717, 1.165) is 11.3 Å². The third-order valence-electron chi connectivity index (χ3n) is 2.75. The fourth-order valence-corrected chi connectivity index (χ4v) is 1.65. The third kappa shape index (κ3) is 2.51. The lowest BCUT2D eigenvalue weighted by Crippen LogP contribution is -2.03. The van der Waals surface area contributed by atoms with Crippen molar-refractivity contribution in [2.24, 2.45) is 5.73 Å². The second-order valence-corrected chi connectivity index (χ2v) is 4.55. The lowest BCUT2D eigenvalue weighted by Gasteiger charge is -2.14. The zero-order chi connectivity index (χ0) is 10.8. The van der Waals surface area contributed by atoms with E-state index in [0.29, 0.717) is 18.6 Å². The molecule has 1 fully saturated rings. The van der Waals surface area contributed by atoms with Crippen molar-refractivity contribution in [1.29, 1.82) is 0 Å². The normalized spacial score (nSPS) is 15.7. The van der Waals surface area contributed by atoms with Gasteiger partial charge < -0.3 is 10.5 Å². The largest absolute Gasteiger partial charge is 0.490 e. The smallest absolute Gasteiger partial charge is 0.123 e. The van der Waals surface area contributed by atoms with E-state index < -0.39 is 0 Å². The van der Waals surface area contributed by atoms with Crippen molar-refractivity contribution in [3.05, 3.63) is 29.3 Å². The Morgan fingerprint density at radius 3 is 2.67 bits per heavy atom. The molecule has 0 atom stereocenters. The summed E-state index contributed by atoms with van der Waals surface area (Å²) in [7, 11) is 0. The summed E-state index contributed by atoms with van der Waals surface area (Å²) in [5, 5.41) is 0. The maximum absolute atomic E-state index is 5.90. The van der Waals surface area contributed by atoms with Crippen LogP contribution in [0.2, 0.25) is 0 Å². The first-order valence-electron chi connectivity index (χ1n) is 5.70. The number of nitrogens with two attached hydrogens (primary N) is 1. The molecule has 1 aromatic rings. The molecule has 82 valence electrons. The number of ether oxygens (including phenoxy) is 1. The molecule has 0 unspecified atom stereocenters. The molecule has 1 aliphatic rings. The van der Waals surface area contributed by atoms with Crippen LogP contribution in [0.15, 0.2) is 18.2 Å². The number of benzene rings is 1. The molecule has 0 spiro atoms. The van der Waals surface area contributed by atoms with Gasteiger partial charge in [0.2, 0.25) is 0 Å². The molecule has 1 saturated carbocycles. The molecule has 0 aliphatic heterocycles. The van der Waals surface area contributed by atoms with Crippen LogP contribution in [0.3, 0.4) is 0 Å². The third-order valence-corrected chi connectivity index (χ3v) is 2.75. The van der Waals surface area contributed by atoms with E-state index in [1.165, 1.54) is 18.4 Å². The van der Waals surface area contributed by atoms with Crippen LogP contribution in [-0.4, -0.2) is 6.10 Å². The predicted octanol–water partition coefficient (Wildman–Crippen LogP) is 2.81. The fourth-order valence-electron chi connectivity index (χ4n) is 1.65. The van der Waals surface area contributed by atoms with Gasteiger partial charge in [-0.3, -0.25) is 0 Å². The highest BCUT2D eigenvalue weighted by molar-refractivity contribution is 5.39. The highest BCUT2D eigenvalue weighted by Crippen LogP contribution is 2.33. The average molecular weight is 205 g/mol. The molecule has 2 N–H and O–H groups in total. The van der Waals surface area contributed by atoms with Crippen molar-refractivity contribution in [3.8, 4) is 5.75 Å². The van der Waals surface area contributed by atoms with E-state index in [1.54, 1.807) is 0 Å². The van der Waals surface area contributed by atoms with E-state index in [-0.39, 0.29) is 0 Å². The van der Waals surface area contributed by atoms with Crippen LogP contribution in [0.4, 0.5) is 0 Å². The van der Waals surface area contributed by atoms with Crippen molar-refractivity contribution in [2.75, 3.05) is 0 Å². The first-order valence-corrected chi connectivity index (χ1v) is 5.70. The molecule has 2 rings (SSSR count). The van der Waals surface area contributed by atoms with Crippen molar-refractivity contribution in [3.63, 3.8) is 0 Å². The van der Waals surface area contributed by atoms with Gasteiger partial charge in [-0.1, -0.05) is 26.0 Å². The second kappa shape index (κ2) is 4.23. The Bertz CT molecular complexity index is 342. The highest BCUT2D eigenvalue weighted by atomic mass is 16.5. The first kappa shape index (κ1) is 10.5. The molecule has 0 bridgehead atoms. The summed E-state index contributed by atoms with van der Waals surface area (Å²) in [6.45, 7) is 4.97. The summed E-state index contributed by atoms with van der Waals surface area (Å²) in [5.41, 5.74) is 8.07. The summed E-state index contributed by atoms with van der Waals surface area (Å²) < 4.78 is 5.90. The Hall–Kier alpha value is -1.02. The lowest BCUT2D eigenvalue weighted by atomic mass is 10.0. The minimum Gasteiger partial charge on any atom is -0.490 e. The first-order chi connectivity index (χ1) is 7.20. The van der Waals surface area contributed by atoms with Gasteiger partial charge in [-0.25, -0.2) is 0 Å². The van der Waals surface area contributed by atoms with Crippen molar-refractivity contribution in [2.45, 2.75) is 45.3 Å². The van der Waals surface area contributed by atoms with Gasteiger partial charge in [0.15, 0.2) is 0 Å². The molecule has 0 amide bonds. The zero-order valence-electron chi connectivity index (χ0n) is 9.49. The van der Waals surface area contributed by atoms with Gasteiger partial charge in [-0.05, 0) is 36.0 Å². The number of hydrogen-bond acceptors (Lipinski definition) is 2. The highest BCUT2D eigenvalue weighted by Gasteiger charge is 2.24. The van der Waals surface area contributed by atoms with Crippen LogP contribution >= 0.6 is 0 Å². The summed E-state index contributed by atoms with van der Waals surface area (Å²) >= 11 is 0. The summed E-state index contributed by atoms with van der Waals surface area (Å²) in [6.07, 6.45) is 2.85. The Morgan fingerprint density at radius 1 is 1.40 bits per heavy atom. The van der Waals surface area contributed by atoms with E-state index in [4.69, 9.17) is 10.5 Å². The fraction of sp³-hybridized carbons (Fsp3) is 0.538. The van der Waals surface area contributed by atoms with Gasteiger partial charge in [-0.2, -0.15) is 0 Å². The van der Waals surface area contributed by atoms with Gasteiger partial charge >= 0.3 is 0 Å². The minimum atomic E-state index is 0.454. The monoisotopic (exact) mass is 205 g/mol. The molecule has 15 heavy (non-hydrogen) atoms. The SMILES string of the molecule is CC(C)c1ccc(CN)cc1OC1CC1. The summed E-state index contributed by atoms with van der Waals surface area (Å²) in [5.74, 6) is 1.54. The maximum Gasteiger partial charge on any atom is 0.123 e. The van der Waals surface area contributed by atoms with Crippen LogP contribution in [0.5, 0.6) is 5.75 Å². The van der Waals surface area contributed by atoms with Crippen LogP contribution in [-0.2, 0) is 6.54 Å². The maximum atomic E-state index is 5.90. The summed E-state index contributed by atoms with van der Waals surface area (Å²) in [4.78, 5) is 0. The van der Waals surface area contributed by atoms with E-state index in [9.17, 15) is 0 Å². The van der Waals surface area contributed by atoms with Gasteiger partial charge in [0.05, 0.1) is 6.10 Å². The quantitative estimate of drug-likeness (QED) is 0.820. The van der Waals surface area contributed by atoms with Crippen LogP contribution < -0.4 is 10.5 Å². The van der Waals surface area contributed by atoms with E-state index in [1.807, 2.05) is 0 Å². The standard InChI is InChI=1S/C13H19NO/c1-9(2)12-6-3-10(8-14)7-13(12)15-11-4-5-11/h3,6-7,9,11H,4-5,8,14H2,1-2H3. The van der Waals surface area contributed by atoms with Crippen LogP contribution in [0, 0.1) is 0 Å². The minimum absolute atomic E-state index is 0.454. The predicted molar refractivity (Wildman–Crippen MR) is 62.1 cm³/mol. The van der Waals surface area contributed by atoms with Crippen molar-refractivity contribution < 1.29 is 4.74 Å². The lowest BCUT2D eigenvalue weighted by molar-refractivity contribution is 0.298. The number of rotatable bonds is 4. The molecule has 0 aromatic heterocycles. The van der Waals surface area contributed by atoms with Crippen molar-refractivity contribution in [1.82, 2.24) is 0 Å².